The number of aromatic nitrogens is 3. The summed E-state index contributed by atoms with van der Waals surface area (Å²) in [6.07, 6.45) is 1.68. The number of anilines is 1. The summed E-state index contributed by atoms with van der Waals surface area (Å²) in [5, 5.41) is 7.80. The third kappa shape index (κ3) is 5.77. The minimum atomic E-state index is -0.378. The minimum Gasteiger partial charge on any atom is -0.497 e. The second kappa shape index (κ2) is 11.6. The van der Waals surface area contributed by atoms with Gasteiger partial charge in [-0.3, -0.25) is 19.5 Å². The Labute approximate surface area is 254 Å². The number of benzene rings is 2. The molecule has 2 amide bonds. The molecule has 43 heavy (non-hydrogen) atoms. The lowest BCUT2D eigenvalue weighted by Gasteiger charge is -2.24. The molecular weight excluding hydrogens is 566 g/mol. The lowest BCUT2D eigenvalue weighted by atomic mass is 9.87. The molecular formula is C32H33N5O5S. The Morgan fingerprint density at radius 2 is 1.88 bits per heavy atom. The maximum absolute atomic E-state index is 13.9. The van der Waals surface area contributed by atoms with E-state index in [1.54, 1.807) is 22.9 Å². The van der Waals surface area contributed by atoms with Crippen LogP contribution >= 0.6 is 11.8 Å². The highest BCUT2D eigenvalue weighted by Crippen LogP contribution is 2.50. The molecule has 11 heteroatoms. The molecule has 0 bridgehead atoms. The highest BCUT2D eigenvalue weighted by atomic mass is 32.2. The number of nitrogens with zero attached hydrogens (tertiary/aromatic N) is 4. The first-order valence-corrected chi connectivity index (χ1v) is 15.0. The van der Waals surface area contributed by atoms with Crippen LogP contribution in [0.2, 0.25) is 0 Å². The maximum Gasteiger partial charge on any atom is 0.240 e. The van der Waals surface area contributed by atoms with E-state index in [1.807, 2.05) is 60.7 Å². The molecule has 222 valence electrons. The highest BCUT2D eigenvalue weighted by Gasteiger charge is 2.40. The number of pyridine rings is 1. The van der Waals surface area contributed by atoms with E-state index in [4.69, 9.17) is 19.3 Å². The number of carbonyl (C=O) groups is 2. The first-order chi connectivity index (χ1) is 20.7. The van der Waals surface area contributed by atoms with E-state index in [-0.39, 0.29) is 48.1 Å². The van der Waals surface area contributed by atoms with Crippen LogP contribution < -0.4 is 24.4 Å². The highest BCUT2D eigenvalue weighted by molar-refractivity contribution is 8.00. The van der Waals surface area contributed by atoms with Gasteiger partial charge < -0.3 is 19.5 Å². The number of thioether (sulfide) groups is 1. The van der Waals surface area contributed by atoms with Crippen LogP contribution in [0.3, 0.4) is 0 Å². The molecule has 4 aromatic rings. The first kappa shape index (κ1) is 28.6. The summed E-state index contributed by atoms with van der Waals surface area (Å²) in [4.78, 5) is 33.1. The molecule has 0 aliphatic carbocycles. The molecule has 1 N–H and O–H groups in total. The average molecular weight is 600 g/mol. The normalized spacial score (nSPS) is 16.0. The Hall–Kier alpha value is -4.51. The second-order valence-electron chi connectivity index (χ2n) is 11.3. The fourth-order valence-corrected chi connectivity index (χ4v) is 6.40. The smallest absolute Gasteiger partial charge is 0.240 e. The Morgan fingerprint density at radius 3 is 2.60 bits per heavy atom. The van der Waals surface area contributed by atoms with Crippen molar-refractivity contribution < 1.29 is 23.8 Å². The van der Waals surface area contributed by atoms with Gasteiger partial charge in [0.05, 0.1) is 41.7 Å². The summed E-state index contributed by atoms with van der Waals surface area (Å²) < 4.78 is 18.4. The Balaban J connectivity index is 1.48. The predicted molar refractivity (Wildman–Crippen MR) is 164 cm³/mol. The van der Waals surface area contributed by atoms with Crippen molar-refractivity contribution in [3.63, 3.8) is 0 Å². The quantitative estimate of drug-likeness (QED) is 0.323. The van der Waals surface area contributed by atoms with E-state index in [0.717, 1.165) is 28.2 Å². The van der Waals surface area contributed by atoms with Gasteiger partial charge in [0.25, 0.3) is 0 Å². The van der Waals surface area contributed by atoms with Gasteiger partial charge >= 0.3 is 0 Å². The molecule has 0 fully saturated rings. The molecule has 2 aliphatic heterocycles. The third-order valence-corrected chi connectivity index (χ3v) is 8.57. The van der Waals surface area contributed by atoms with Crippen molar-refractivity contribution in [3.8, 4) is 22.9 Å². The van der Waals surface area contributed by atoms with Gasteiger partial charge in [-0.05, 0) is 54.1 Å². The van der Waals surface area contributed by atoms with Crippen molar-refractivity contribution in [3.05, 3.63) is 89.4 Å². The van der Waals surface area contributed by atoms with Crippen molar-refractivity contribution in [1.29, 1.82) is 0 Å². The molecule has 0 spiro atoms. The Kier molecular flexibility index (Phi) is 7.74. The number of fused-ring (bicyclic) bond motifs is 2. The van der Waals surface area contributed by atoms with E-state index in [9.17, 15) is 9.59 Å². The van der Waals surface area contributed by atoms with Gasteiger partial charge in [-0.1, -0.05) is 32.9 Å². The van der Waals surface area contributed by atoms with E-state index in [2.05, 4.69) is 31.1 Å². The lowest BCUT2D eigenvalue weighted by Crippen LogP contribution is -2.42. The minimum absolute atomic E-state index is 0.168. The van der Waals surface area contributed by atoms with E-state index in [1.165, 1.54) is 11.8 Å². The van der Waals surface area contributed by atoms with Crippen molar-refractivity contribution in [1.82, 2.24) is 20.1 Å². The molecule has 0 saturated heterocycles. The van der Waals surface area contributed by atoms with Gasteiger partial charge in [0.1, 0.15) is 18.1 Å². The Bertz CT molecular complexity index is 1650. The van der Waals surface area contributed by atoms with Gasteiger partial charge in [0.15, 0.2) is 11.5 Å². The summed E-state index contributed by atoms with van der Waals surface area (Å²) in [5.41, 5.74) is 3.78. The molecule has 10 nitrogen and oxygen atoms in total. The largest absolute Gasteiger partial charge is 0.497 e. The molecule has 1 unspecified atom stereocenters. The van der Waals surface area contributed by atoms with Crippen LogP contribution in [0.15, 0.2) is 66.9 Å². The first-order valence-electron chi connectivity index (χ1n) is 14.0. The van der Waals surface area contributed by atoms with Crippen LogP contribution in [0.25, 0.3) is 5.69 Å². The predicted octanol–water partition coefficient (Wildman–Crippen LogP) is 4.79. The third-order valence-electron chi connectivity index (χ3n) is 7.31. The number of nitrogens with one attached hydrogen (secondary N) is 1. The standard InChI is InChI=1S/C32H33N5O5S/c1-32(2,3)30-28-29(20-8-13-24-25(15-20)42-19-41-24)43-18-27(39)36(17-26(38)34-16-21-7-5-6-14-33-21)31(28)37(35-30)22-9-11-23(40-4)12-10-22/h5-15,29H,16-19H2,1-4H3,(H,34,38). The second-order valence-corrected chi connectivity index (χ2v) is 12.4. The number of carbonyl (C=O) groups excluding carboxylic acids is 2. The van der Waals surface area contributed by atoms with Gasteiger partial charge in [-0.15, -0.1) is 11.8 Å². The van der Waals surface area contributed by atoms with Crippen LogP contribution in [0.5, 0.6) is 17.2 Å². The van der Waals surface area contributed by atoms with Crippen LogP contribution in [0.1, 0.15) is 48.5 Å². The van der Waals surface area contributed by atoms with Crippen molar-refractivity contribution in [2.24, 2.45) is 0 Å². The van der Waals surface area contributed by atoms with Gasteiger partial charge in [0, 0.05) is 17.2 Å². The monoisotopic (exact) mass is 599 g/mol. The fraction of sp³-hybridized carbons (Fsp3) is 0.312. The zero-order chi connectivity index (χ0) is 30.1. The number of methoxy groups -OCH3 is 1. The number of rotatable bonds is 7. The summed E-state index contributed by atoms with van der Waals surface area (Å²) in [6.45, 7) is 6.57. The van der Waals surface area contributed by atoms with Crippen LogP contribution in [-0.4, -0.2) is 52.8 Å². The SMILES string of the molecule is COc1ccc(-n2nc(C(C)(C)C)c3c2N(CC(=O)NCc2ccccn2)C(=O)CSC3c2ccc3c(c2)OCO3)cc1. The zero-order valence-electron chi connectivity index (χ0n) is 24.5. The van der Waals surface area contributed by atoms with Crippen LogP contribution in [-0.2, 0) is 21.5 Å². The number of hydrogen-bond donors (Lipinski definition) is 1. The number of hydrogen-bond acceptors (Lipinski definition) is 8. The van der Waals surface area contributed by atoms with Crippen molar-refractivity contribution >= 4 is 29.4 Å². The van der Waals surface area contributed by atoms with E-state index in [0.29, 0.717) is 23.1 Å². The summed E-state index contributed by atoms with van der Waals surface area (Å²) in [6, 6.07) is 18.9. The topological polar surface area (TPSA) is 108 Å². The number of ether oxygens (including phenoxy) is 3. The molecule has 6 rings (SSSR count). The molecule has 0 saturated carbocycles. The van der Waals surface area contributed by atoms with E-state index >= 15 is 0 Å². The maximum atomic E-state index is 13.9. The molecule has 1 atom stereocenters. The van der Waals surface area contributed by atoms with Crippen molar-refractivity contribution in [2.45, 2.75) is 38.0 Å². The fourth-order valence-electron chi connectivity index (χ4n) is 5.21. The van der Waals surface area contributed by atoms with E-state index < -0.39 is 0 Å². The van der Waals surface area contributed by atoms with Crippen molar-refractivity contribution in [2.75, 3.05) is 31.1 Å². The number of amides is 2. The van der Waals surface area contributed by atoms with Crippen LogP contribution in [0, 0.1) is 0 Å². The summed E-state index contributed by atoms with van der Waals surface area (Å²) in [5.74, 6) is 2.33. The molecule has 2 aromatic heterocycles. The summed E-state index contributed by atoms with van der Waals surface area (Å²) in [7, 11) is 1.61. The van der Waals surface area contributed by atoms with Gasteiger partial charge in [0.2, 0.25) is 18.6 Å². The van der Waals surface area contributed by atoms with Gasteiger partial charge in [-0.2, -0.15) is 5.10 Å². The average Bonchev–Trinajstić information content (AvgIpc) is 3.61. The molecule has 0 radical (unpaired) electrons. The lowest BCUT2D eigenvalue weighted by molar-refractivity contribution is -0.123. The molecule has 4 heterocycles. The zero-order valence-corrected chi connectivity index (χ0v) is 25.3. The summed E-state index contributed by atoms with van der Waals surface area (Å²) >= 11 is 1.52. The molecule has 2 aromatic carbocycles. The van der Waals surface area contributed by atoms with Crippen LogP contribution in [0.4, 0.5) is 5.82 Å². The Morgan fingerprint density at radius 1 is 1.09 bits per heavy atom. The molecule has 2 aliphatic rings. The van der Waals surface area contributed by atoms with Gasteiger partial charge in [-0.25, -0.2) is 4.68 Å².